The summed E-state index contributed by atoms with van der Waals surface area (Å²) in [4.78, 5) is 16.8. The Kier molecular flexibility index (Phi) is 5.04. The molecule has 0 saturated carbocycles. The summed E-state index contributed by atoms with van der Waals surface area (Å²) in [5, 5.41) is 12.4. The van der Waals surface area contributed by atoms with Gasteiger partial charge in [-0.25, -0.2) is 23.7 Å². The van der Waals surface area contributed by atoms with Crippen molar-refractivity contribution in [3.8, 4) is 17.6 Å². The van der Waals surface area contributed by atoms with E-state index in [0.29, 0.717) is 22.9 Å². The molecule has 3 N–H and O–H groups in total. The van der Waals surface area contributed by atoms with E-state index in [1.165, 1.54) is 30.1 Å². The number of pyridine rings is 1. The number of nitriles is 1. The van der Waals surface area contributed by atoms with Gasteiger partial charge in [-0.1, -0.05) is 0 Å². The van der Waals surface area contributed by atoms with Crippen LogP contribution in [0.3, 0.4) is 0 Å². The minimum Gasteiger partial charge on any atom is -0.481 e. The van der Waals surface area contributed by atoms with Crippen molar-refractivity contribution in [2.45, 2.75) is 13.0 Å². The first-order valence-corrected chi connectivity index (χ1v) is 9.08. The summed E-state index contributed by atoms with van der Waals surface area (Å²) in [6.07, 6.45) is 1.22. The molecule has 1 atom stereocenters. The van der Waals surface area contributed by atoms with Crippen molar-refractivity contribution >= 4 is 22.8 Å². The maximum absolute atomic E-state index is 14.0. The van der Waals surface area contributed by atoms with Gasteiger partial charge < -0.3 is 15.8 Å². The molecule has 0 aliphatic rings. The van der Waals surface area contributed by atoms with E-state index in [0.717, 1.165) is 6.07 Å². The average Bonchev–Trinajstić information content (AvgIpc) is 3.12. The summed E-state index contributed by atoms with van der Waals surface area (Å²) in [7, 11) is 1.46. The lowest BCUT2D eigenvalue weighted by molar-refractivity contribution is 0.399. The van der Waals surface area contributed by atoms with Crippen LogP contribution in [0.2, 0.25) is 0 Å². The molecule has 3 heterocycles. The molecule has 0 aliphatic carbocycles. The summed E-state index contributed by atoms with van der Waals surface area (Å²) < 4.78 is 34.7. The summed E-state index contributed by atoms with van der Waals surface area (Å²) in [6.45, 7) is 1.75. The van der Waals surface area contributed by atoms with Gasteiger partial charge in [0.15, 0.2) is 5.65 Å². The fraction of sp³-hybridized carbons (Fsp3) is 0.150. The predicted molar refractivity (Wildman–Crippen MR) is 109 cm³/mol. The quantitative estimate of drug-likeness (QED) is 0.502. The molecule has 0 unspecified atom stereocenters. The van der Waals surface area contributed by atoms with Crippen LogP contribution in [0.15, 0.2) is 36.7 Å². The fourth-order valence-electron chi connectivity index (χ4n) is 3.17. The van der Waals surface area contributed by atoms with E-state index in [1.807, 2.05) is 6.07 Å². The number of rotatable bonds is 5. The highest BCUT2D eigenvalue weighted by Gasteiger charge is 2.22. The molecule has 3 aromatic heterocycles. The van der Waals surface area contributed by atoms with Crippen LogP contribution < -0.4 is 15.8 Å². The molecule has 0 spiro atoms. The Labute approximate surface area is 175 Å². The number of halogens is 2. The third-order valence-corrected chi connectivity index (χ3v) is 4.55. The van der Waals surface area contributed by atoms with Crippen molar-refractivity contribution < 1.29 is 13.5 Å². The first-order chi connectivity index (χ1) is 14.9. The van der Waals surface area contributed by atoms with Crippen LogP contribution >= 0.6 is 0 Å². The van der Waals surface area contributed by atoms with Crippen molar-refractivity contribution in [2.75, 3.05) is 18.2 Å². The Bertz CT molecular complexity index is 1310. The Balaban J connectivity index is 1.89. The monoisotopic (exact) mass is 422 g/mol. The van der Waals surface area contributed by atoms with Gasteiger partial charge in [0, 0.05) is 12.1 Å². The van der Waals surface area contributed by atoms with E-state index in [-0.39, 0.29) is 22.9 Å². The summed E-state index contributed by atoms with van der Waals surface area (Å²) in [5.41, 5.74) is 6.84. The molecule has 9 nitrogen and oxygen atoms in total. The fourth-order valence-corrected chi connectivity index (χ4v) is 3.17. The second-order valence-corrected chi connectivity index (χ2v) is 6.59. The minimum absolute atomic E-state index is 0.0271. The molecule has 156 valence electrons. The highest BCUT2D eigenvalue weighted by atomic mass is 19.1. The zero-order chi connectivity index (χ0) is 22.1. The topological polar surface area (TPSA) is 128 Å². The third kappa shape index (κ3) is 3.66. The van der Waals surface area contributed by atoms with E-state index in [9.17, 15) is 14.0 Å². The number of aromatic nitrogens is 5. The summed E-state index contributed by atoms with van der Waals surface area (Å²) >= 11 is 0. The number of anilines is 2. The molecular weight excluding hydrogens is 406 g/mol. The Morgan fingerprint density at radius 3 is 2.58 bits per heavy atom. The van der Waals surface area contributed by atoms with Gasteiger partial charge in [-0.3, -0.25) is 4.57 Å². The highest BCUT2D eigenvalue weighted by molar-refractivity contribution is 5.75. The Hall–Kier alpha value is -4.33. The largest absolute Gasteiger partial charge is 0.481 e. The van der Waals surface area contributed by atoms with E-state index in [2.05, 4.69) is 25.3 Å². The van der Waals surface area contributed by atoms with Gasteiger partial charge in [0.1, 0.15) is 52.6 Å². The summed E-state index contributed by atoms with van der Waals surface area (Å²) in [5.74, 6) is -0.575. The molecular formula is C20H16F2N8O. The van der Waals surface area contributed by atoms with Crippen LogP contribution in [-0.4, -0.2) is 31.6 Å². The van der Waals surface area contributed by atoms with E-state index in [4.69, 9.17) is 10.5 Å². The average molecular weight is 422 g/mol. The van der Waals surface area contributed by atoms with E-state index in [1.54, 1.807) is 19.1 Å². The van der Waals surface area contributed by atoms with Crippen LogP contribution in [0.1, 0.15) is 24.4 Å². The van der Waals surface area contributed by atoms with Gasteiger partial charge >= 0.3 is 0 Å². The summed E-state index contributed by atoms with van der Waals surface area (Å²) in [6, 6.07) is 7.83. The molecule has 4 aromatic rings. The second kappa shape index (κ2) is 7.83. The number of hydrogen-bond donors (Lipinski definition) is 2. The third-order valence-electron chi connectivity index (χ3n) is 4.55. The maximum Gasteiger partial charge on any atom is 0.215 e. The molecule has 0 amide bonds. The number of nitrogens with one attached hydrogen (secondary N) is 1. The number of nitrogens with zero attached hydrogens (tertiary/aromatic N) is 6. The molecule has 31 heavy (non-hydrogen) atoms. The van der Waals surface area contributed by atoms with Crippen LogP contribution in [0, 0.1) is 23.0 Å². The lowest BCUT2D eigenvalue weighted by Gasteiger charge is -2.17. The SMILES string of the molecule is COc1ccc2nc([C@H](C)Nc3ncnc(N)c3C#N)n(-c3cc(F)cc(F)c3)c2n1. The highest BCUT2D eigenvalue weighted by Crippen LogP contribution is 2.29. The van der Waals surface area contributed by atoms with Gasteiger partial charge in [-0.2, -0.15) is 10.2 Å². The second-order valence-electron chi connectivity index (χ2n) is 6.59. The van der Waals surface area contributed by atoms with Gasteiger partial charge in [0.05, 0.1) is 18.8 Å². The molecule has 11 heteroatoms. The van der Waals surface area contributed by atoms with Crippen molar-refractivity contribution in [2.24, 2.45) is 0 Å². The number of nitrogens with two attached hydrogens (primary N) is 1. The van der Waals surface area contributed by atoms with Crippen LogP contribution in [0.5, 0.6) is 5.88 Å². The molecule has 0 radical (unpaired) electrons. The van der Waals surface area contributed by atoms with Gasteiger partial charge in [-0.15, -0.1) is 0 Å². The molecule has 4 rings (SSSR count). The zero-order valence-corrected chi connectivity index (χ0v) is 16.5. The number of methoxy groups -OCH3 is 1. The first kappa shape index (κ1) is 20.0. The predicted octanol–water partition coefficient (Wildman–Crippen LogP) is 3.12. The van der Waals surface area contributed by atoms with Gasteiger partial charge in [0.25, 0.3) is 0 Å². The number of nitrogen functional groups attached to an aromatic ring is 1. The van der Waals surface area contributed by atoms with E-state index < -0.39 is 17.7 Å². The number of fused-ring (bicyclic) bond motifs is 1. The zero-order valence-electron chi connectivity index (χ0n) is 16.5. The van der Waals surface area contributed by atoms with Crippen LogP contribution in [0.25, 0.3) is 16.9 Å². The Morgan fingerprint density at radius 1 is 1.16 bits per heavy atom. The smallest absolute Gasteiger partial charge is 0.215 e. The van der Waals surface area contributed by atoms with Crippen molar-refractivity contribution in [1.82, 2.24) is 24.5 Å². The standard InChI is InChI=1S/C20H16F2N8O/c1-10(27-18-14(8-23)17(24)25-9-26-18)19-28-15-3-4-16(31-2)29-20(15)30(19)13-6-11(21)5-12(22)7-13/h3-7,9-10H,1-2H3,(H3,24,25,26,27)/t10-/m0/s1. The molecule has 1 aromatic carbocycles. The lowest BCUT2D eigenvalue weighted by atomic mass is 10.2. The number of benzene rings is 1. The molecule has 0 fully saturated rings. The number of imidazole rings is 1. The minimum atomic E-state index is -0.748. The lowest BCUT2D eigenvalue weighted by Crippen LogP contribution is -2.16. The van der Waals surface area contributed by atoms with Gasteiger partial charge in [0.2, 0.25) is 5.88 Å². The number of hydrogen-bond acceptors (Lipinski definition) is 8. The van der Waals surface area contributed by atoms with Crippen LogP contribution in [0.4, 0.5) is 20.4 Å². The number of ether oxygens (including phenoxy) is 1. The molecule has 0 bridgehead atoms. The maximum atomic E-state index is 14.0. The Morgan fingerprint density at radius 2 is 1.90 bits per heavy atom. The normalized spacial score (nSPS) is 11.8. The van der Waals surface area contributed by atoms with Crippen molar-refractivity contribution in [1.29, 1.82) is 5.26 Å². The first-order valence-electron chi connectivity index (χ1n) is 9.08. The van der Waals surface area contributed by atoms with Crippen LogP contribution in [-0.2, 0) is 0 Å². The van der Waals surface area contributed by atoms with Crippen molar-refractivity contribution in [3.63, 3.8) is 0 Å². The van der Waals surface area contributed by atoms with Crippen molar-refractivity contribution in [3.05, 3.63) is 59.7 Å². The molecule has 0 aliphatic heterocycles. The van der Waals surface area contributed by atoms with Gasteiger partial charge in [-0.05, 0) is 25.1 Å². The molecule has 0 saturated heterocycles. The van der Waals surface area contributed by atoms with E-state index >= 15 is 0 Å².